The number of methoxy groups -OCH3 is 2. The molecule has 8 nitrogen and oxygen atoms in total. The van der Waals surface area contributed by atoms with Crippen LogP contribution in [0.4, 0.5) is 5.82 Å². The number of rotatable bonds is 5. The number of hydrogen-bond donors (Lipinski definition) is 2. The van der Waals surface area contributed by atoms with E-state index in [9.17, 15) is 5.11 Å². The normalized spacial score (nSPS) is 17.4. The van der Waals surface area contributed by atoms with E-state index in [2.05, 4.69) is 15.3 Å². The minimum Gasteiger partial charge on any atom is -0.480 e. The first-order valence-corrected chi connectivity index (χ1v) is 9.92. The fourth-order valence-corrected chi connectivity index (χ4v) is 3.96. The van der Waals surface area contributed by atoms with Gasteiger partial charge in [0.15, 0.2) is 5.82 Å². The molecule has 4 aromatic rings. The van der Waals surface area contributed by atoms with E-state index in [-0.39, 0.29) is 12.1 Å². The highest BCUT2D eigenvalue weighted by Gasteiger charge is 2.31. The number of nitrogens with zero attached hydrogens (tertiary/aromatic N) is 4. The molecule has 5 rings (SSSR count). The van der Waals surface area contributed by atoms with E-state index in [0.717, 1.165) is 22.0 Å². The second kappa shape index (κ2) is 7.81. The highest BCUT2D eigenvalue weighted by Crippen LogP contribution is 2.36. The lowest BCUT2D eigenvalue weighted by atomic mass is 10.1. The lowest BCUT2D eigenvalue weighted by molar-refractivity contribution is 0.165. The number of ether oxygens (including phenoxy) is 2. The van der Waals surface area contributed by atoms with Gasteiger partial charge in [0, 0.05) is 18.0 Å². The molecule has 2 aromatic heterocycles. The largest absolute Gasteiger partial charge is 0.480 e. The summed E-state index contributed by atoms with van der Waals surface area (Å²) in [5.74, 6) is 1.36. The van der Waals surface area contributed by atoms with Crippen LogP contribution in [-0.2, 0) is 6.42 Å². The van der Waals surface area contributed by atoms with Crippen molar-refractivity contribution >= 4 is 16.7 Å². The molecule has 156 valence electrons. The van der Waals surface area contributed by atoms with Gasteiger partial charge in [0.2, 0.25) is 5.88 Å². The van der Waals surface area contributed by atoms with Crippen molar-refractivity contribution in [3.05, 3.63) is 65.9 Å². The molecule has 2 atom stereocenters. The first kappa shape index (κ1) is 19.2. The van der Waals surface area contributed by atoms with Crippen molar-refractivity contribution in [1.29, 1.82) is 0 Å². The molecule has 1 aliphatic rings. The van der Waals surface area contributed by atoms with Crippen molar-refractivity contribution in [3.8, 4) is 23.3 Å². The number of aliphatic hydroxyl groups is 1. The van der Waals surface area contributed by atoms with E-state index in [4.69, 9.17) is 19.4 Å². The molecule has 8 heteroatoms. The Kier molecular flexibility index (Phi) is 4.83. The third-order valence-electron chi connectivity index (χ3n) is 5.45. The number of anilines is 1. The Morgan fingerprint density at radius 1 is 0.968 bits per heavy atom. The Morgan fingerprint density at radius 2 is 1.77 bits per heavy atom. The van der Waals surface area contributed by atoms with Gasteiger partial charge in [-0.25, -0.2) is 15.0 Å². The fraction of sp³-hybridized carbons (Fsp3) is 0.217. The summed E-state index contributed by atoms with van der Waals surface area (Å²) in [6.07, 6.45) is 1.63. The van der Waals surface area contributed by atoms with Gasteiger partial charge in [0.05, 0.1) is 31.9 Å². The molecule has 0 spiro atoms. The molecule has 0 radical (unpaired) electrons. The molecule has 0 aliphatic heterocycles. The molecule has 2 N–H and O–H groups in total. The maximum atomic E-state index is 10.7. The van der Waals surface area contributed by atoms with Crippen LogP contribution in [0.2, 0.25) is 0 Å². The molecule has 31 heavy (non-hydrogen) atoms. The minimum absolute atomic E-state index is 0.199. The summed E-state index contributed by atoms with van der Waals surface area (Å²) in [5, 5.41) is 15.0. The predicted molar refractivity (Wildman–Crippen MR) is 116 cm³/mol. The molecular formula is C23H21N5O3. The van der Waals surface area contributed by atoms with Crippen LogP contribution in [0.1, 0.15) is 17.2 Å². The summed E-state index contributed by atoms with van der Waals surface area (Å²) in [4.78, 5) is 17.9. The van der Waals surface area contributed by atoms with Crippen molar-refractivity contribution in [3.63, 3.8) is 0 Å². The highest BCUT2D eigenvalue weighted by atomic mass is 16.5. The summed E-state index contributed by atoms with van der Waals surface area (Å²) in [7, 11) is 3.02. The first-order valence-electron chi connectivity index (χ1n) is 9.92. The smallest absolute Gasteiger partial charge is 0.319 e. The standard InChI is InChI=1S/C23H21N5O3/c1-30-22-16(12-24-23(28-22)31-2)21-25-17-10-6-5-9-15(17)20(27-21)26-19-14-8-4-3-7-13(14)11-18(19)29/h3-10,12,18-19,29H,11H2,1-2H3,(H,25,26,27)/t18-,19+/m1/s1. The maximum Gasteiger partial charge on any atom is 0.319 e. The zero-order valence-electron chi connectivity index (χ0n) is 17.1. The van der Waals surface area contributed by atoms with Gasteiger partial charge in [-0.05, 0) is 23.3 Å². The Bertz CT molecular complexity index is 1260. The predicted octanol–water partition coefficient (Wildman–Crippen LogP) is 3.17. The van der Waals surface area contributed by atoms with Crippen LogP contribution in [0.3, 0.4) is 0 Å². The van der Waals surface area contributed by atoms with Crippen molar-refractivity contribution in [2.75, 3.05) is 19.5 Å². The van der Waals surface area contributed by atoms with Crippen LogP contribution >= 0.6 is 0 Å². The fourth-order valence-electron chi connectivity index (χ4n) is 3.96. The molecule has 0 saturated heterocycles. The van der Waals surface area contributed by atoms with Gasteiger partial charge in [-0.2, -0.15) is 4.98 Å². The topological polar surface area (TPSA) is 102 Å². The van der Waals surface area contributed by atoms with Crippen LogP contribution in [-0.4, -0.2) is 45.4 Å². The Labute approximate surface area is 178 Å². The van der Waals surface area contributed by atoms with Gasteiger partial charge in [-0.3, -0.25) is 0 Å². The van der Waals surface area contributed by atoms with Gasteiger partial charge in [0.1, 0.15) is 11.4 Å². The SMILES string of the molecule is COc1ncc(-c2nc(N[C@H]3c4ccccc4C[C@H]3O)c3ccccc3n2)c(OC)n1. The Hall–Kier alpha value is -3.78. The third-order valence-corrected chi connectivity index (χ3v) is 5.45. The summed E-state index contributed by atoms with van der Waals surface area (Å²) in [5.41, 5.74) is 3.51. The first-order chi connectivity index (χ1) is 15.2. The summed E-state index contributed by atoms with van der Waals surface area (Å²) < 4.78 is 10.5. The molecule has 2 heterocycles. The second-order valence-corrected chi connectivity index (χ2v) is 7.28. The van der Waals surface area contributed by atoms with E-state index in [0.29, 0.717) is 29.5 Å². The Morgan fingerprint density at radius 3 is 2.61 bits per heavy atom. The molecule has 2 aromatic carbocycles. The Balaban J connectivity index is 1.63. The van der Waals surface area contributed by atoms with E-state index in [1.807, 2.05) is 48.5 Å². The average molecular weight is 415 g/mol. The zero-order valence-corrected chi connectivity index (χ0v) is 17.1. The second-order valence-electron chi connectivity index (χ2n) is 7.28. The molecule has 0 bridgehead atoms. The number of aromatic nitrogens is 4. The van der Waals surface area contributed by atoms with E-state index in [1.54, 1.807) is 6.20 Å². The van der Waals surface area contributed by atoms with Crippen LogP contribution in [0.25, 0.3) is 22.3 Å². The van der Waals surface area contributed by atoms with Crippen LogP contribution < -0.4 is 14.8 Å². The molecule has 0 amide bonds. The summed E-state index contributed by atoms with van der Waals surface area (Å²) in [6, 6.07) is 15.7. The van der Waals surface area contributed by atoms with Crippen molar-refractivity contribution in [2.45, 2.75) is 18.6 Å². The quantitative estimate of drug-likeness (QED) is 0.512. The molecule has 0 saturated carbocycles. The lowest BCUT2D eigenvalue weighted by Gasteiger charge is -2.20. The average Bonchev–Trinajstić information content (AvgIpc) is 3.13. The molecule has 0 fully saturated rings. The maximum absolute atomic E-state index is 10.7. The molecular weight excluding hydrogens is 394 g/mol. The van der Waals surface area contributed by atoms with Crippen LogP contribution in [0.15, 0.2) is 54.7 Å². The summed E-state index contributed by atoms with van der Waals surface area (Å²) >= 11 is 0. The van der Waals surface area contributed by atoms with Gasteiger partial charge < -0.3 is 19.9 Å². The third kappa shape index (κ3) is 3.40. The van der Waals surface area contributed by atoms with Gasteiger partial charge in [-0.1, -0.05) is 36.4 Å². The monoisotopic (exact) mass is 415 g/mol. The number of hydrogen-bond acceptors (Lipinski definition) is 8. The van der Waals surface area contributed by atoms with E-state index in [1.165, 1.54) is 14.2 Å². The number of fused-ring (bicyclic) bond motifs is 2. The van der Waals surface area contributed by atoms with E-state index >= 15 is 0 Å². The van der Waals surface area contributed by atoms with Crippen molar-refractivity contribution < 1.29 is 14.6 Å². The van der Waals surface area contributed by atoms with Gasteiger partial charge >= 0.3 is 6.01 Å². The van der Waals surface area contributed by atoms with Crippen LogP contribution in [0.5, 0.6) is 11.9 Å². The zero-order chi connectivity index (χ0) is 21.4. The molecule has 0 unspecified atom stereocenters. The van der Waals surface area contributed by atoms with Crippen molar-refractivity contribution in [1.82, 2.24) is 19.9 Å². The number of aliphatic hydroxyl groups excluding tert-OH is 1. The van der Waals surface area contributed by atoms with E-state index < -0.39 is 6.10 Å². The van der Waals surface area contributed by atoms with Crippen LogP contribution in [0, 0.1) is 0 Å². The minimum atomic E-state index is -0.548. The summed E-state index contributed by atoms with van der Waals surface area (Å²) in [6.45, 7) is 0. The van der Waals surface area contributed by atoms with Gasteiger partial charge in [-0.15, -0.1) is 0 Å². The highest BCUT2D eigenvalue weighted by molar-refractivity contribution is 5.91. The number of nitrogens with one attached hydrogen (secondary N) is 1. The number of para-hydroxylation sites is 1. The van der Waals surface area contributed by atoms with Gasteiger partial charge in [0.25, 0.3) is 0 Å². The molecule has 1 aliphatic carbocycles. The number of benzene rings is 2. The lowest BCUT2D eigenvalue weighted by Crippen LogP contribution is -2.22. The van der Waals surface area contributed by atoms with Crippen molar-refractivity contribution in [2.24, 2.45) is 0 Å².